The Balaban J connectivity index is 1.48. The molecule has 1 atom stereocenters. The van der Waals surface area contributed by atoms with Crippen molar-refractivity contribution >= 4 is 33.3 Å². The molecule has 2 aliphatic heterocycles. The maximum atomic E-state index is 14.6. The van der Waals surface area contributed by atoms with Crippen molar-refractivity contribution in [3.63, 3.8) is 0 Å². The van der Waals surface area contributed by atoms with Crippen molar-refractivity contribution < 1.29 is 37.1 Å². The Morgan fingerprint density at radius 3 is 2.53 bits per heavy atom. The van der Waals surface area contributed by atoms with Gasteiger partial charge >= 0.3 is 15.9 Å². The summed E-state index contributed by atoms with van der Waals surface area (Å²) in [5.41, 5.74) is -0.442. The number of amides is 1. The second kappa shape index (κ2) is 10.8. The van der Waals surface area contributed by atoms with E-state index in [1.807, 2.05) is 24.1 Å². The predicted octanol–water partition coefficient (Wildman–Crippen LogP) is 3.33. The fraction of sp³-hybridized carbons (Fsp3) is 0.429. The Hall–Kier alpha value is -1.81. The lowest BCUT2D eigenvalue weighted by atomic mass is 10.1. The zero-order valence-electron chi connectivity index (χ0n) is 18.7. The van der Waals surface area contributed by atoms with Gasteiger partial charge < -0.3 is 10.2 Å². The van der Waals surface area contributed by atoms with Crippen molar-refractivity contribution in [2.24, 2.45) is 0 Å². The molecule has 13 heteroatoms. The van der Waals surface area contributed by atoms with Gasteiger partial charge in [0.25, 0.3) is 0 Å². The van der Waals surface area contributed by atoms with Crippen LogP contribution in [-0.2, 0) is 22.9 Å². The van der Waals surface area contributed by atoms with Crippen molar-refractivity contribution in [3.8, 4) is 0 Å². The zero-order valence-corrected chi connectivity index (χ0v) is 20.5. The van der Waals surface area contributed by atoms with Gasteiger partial charge in [0.15, 0.2) is 6.16 Å². The third-order valence-electron chi connectivity index (χ3n) is 5.47. The van der Waals surface area contributed by atoms with Crippen LogP contribution in [0.5, 0.6) is 0 Å². The number of nitrogens with zero attached hydrogens (tertiary/aromatic N) is 2. The molecular formula is C21H28FN3O7P2+2. The molecule has 2 saturated heterocycles. The third-order valence-corrected chi connectivity index (χ3v) is 10.1. The molecule has 0 spiro atoms. The number of aromatic nitrogens is 1. The summed E-state index contributed by atoms with van der Waals surface area (Å²) in [6, 6.07) is 9.57. The molecule has 184 valence electrons. The summed E-state index contributed by atoms with van der Waals surface area (Å²) in [5, 5.41) is 2.59. The molecule has 1 aromatic carbocycles. The van der Waals surface area contributed by atoms with Gasteiger partial charge in [0.1, 0.15) is 38.1 Å². The highest BCUT2D eigenvalue weighted by atomic mass is 31.2. The lowest BCUT2D eigenvalue weighted by Crippen LogP contribution is -2.24. The second-order valence-corrected chi connectivity index (χ2v) is 12.3. The van der Waals surface area contributed by atoms with E-state index >= 15 is 0 Å². The monoisotopic (exact) mass is 515 g/mol. The zero-order chi connectivity index (χ0) is 24.2. The van der Waals surface area contributed by atoms with Gasteiger partial charge in [-0.3, -0.25) is 4.79 Å². The Kier molecular flexibility index (Phi) is 8.07. The van der Waals surface area contributed by atoms with Crippen LogP contribution in [0, 0.1) is 5.82 Å². The summed E-state index contributed by atoms with van der Waals surface area (Å²) >= 11 is 0. The van der Waals surface area contributed by atoms with Crippen molar-refractivity contribution in [1.29, 1.82) is 0 Å². The molecule has 0 aliphatic carbocycles. The van der Waals surface area contributed by atoms with Crippen LogP contribution in [0.1, 0.15) is 17.6 Å². The van der Waals surface area contributed by atoms with Gasteiger partial charge in [-0.05, 0) is 24.3 Å². The number of benzene rings is 1. The maximum Gasteiger partial charge on any atom is 0.421 e. The largest absolute Gasteiger partial charge is 0.421 e. The van der Waals surface area contributed by atoms with Crippen LogP contribution in [0.3, 0.4) is 0 Å². The van der Waals surface area contributed by atoms with E-state index < -0.39 is 27.4 Å². The number of pyridine rings is 1. The smallest absolute Gasteiger partial charge is 0.359 e. The number of anilines is 2. The lowest BCUT2D eigenvalue weighted by molar-refractivity contribution is -0.116. The number of nitrogens with one attached hydrogen (secondary N) is 1. The summed E-state index contributed by atoms with van der Waals surface area (Å²) in [6.45, 7) is 1.27. The fourth-order valence-electron chi connectivity index (χ4n) is 3.69. The first-order valence-electron chi connectivity index (χ1n) is 10.8. The van der Waals surface area contributed by atoms with E-state index in [2.05, 4.69) is 10.3 Å². The van der Waals surface area contributed by atoms with Gasteiger partial charge in [0.05, 0.1) is 5.69 Å². The average Bonchev–Trinajstić information content (AvgIpc) is 3.47. The average molecular weight is 515 g/mol. The first kappa shape index (κ1) is 25.3. The Labute approximate surface area is 198 Å². The van der Waals surface area contributed by atoms with Gasteiger partial charge in [-0.1, -0.05) is 12.1 Å². The minimum atomic E-state index is -3.42. The molecule has 10 nitrogen and oxygen atoms in total. The van der Waals surface area contributed by atoms with Crippen LogP contribution < -0.4 is 10.2 Å². The third kappa shape index (κ3) is 6.05. The van der Waals surface area contributed by atoms with Crippen LogP contribution in [0.15, 0.2) is 42.6 Å². The molecule has 0 bridgehead atoms. The highest BCUT2D eigenvalue weighted by Gasteiger charge is 2.62. The Morgan fingerprint density at radius 2 is 1.85 bits per heavy atom. The van der Waals surface area contributed by atoms with Crippen LogP contribution in [0.25, 0.3) is 0 Å². The summed E-state index contributed by atoms with van der Waals surface area (Å²) in [4.78, 5) is 40.3. The van der Waals surface area contributed by atoms with Gasteiger partial charge in [-0.15, -0.1) is 0 Å². The number of carbonyl (C=O) groups excluding carboxylic acids is 1. The number of hydrogen-bond acceptors (Lipinski definition) is 9. The number of carbonyl (C=O) groups is 1. The standard InChI is InChI=1S/C21H27FN3O7P2/c1-25(20-4-2-3-8-23-20)9-7-21(26)24-18-14-16(5-6-17(18)22)19(34(28)31-12-13-32-34)15-33(27)29-10-11-30-33/h2-6,8,14,19,27-28H,7,9-13,15H2,1H3/q+1/p+1. The van der Waals surface area contributed by atoms with E-state index in [0.717, 1.165) is 5.82 Å². The first-order chi connectivity index (χ1) is 16.3. The Morgan fingerprint density at radius 1 is 1.15 bits per heavy atom. The SMILES string of the molecule is CN(CCC(=O)Nc1cc(C(C[P+]2(O)OCCO2)[P+]2(O)OCCO2)ccc1F)c1ccccn1. The fourth-order valence-corrected chi connectivity index (χ4v) is 8.43. The van der Waals surface area contributed by atoms with E-state index in [-0.39, 0.29) is 50.6 Å². The van der Waals surface area contributed by atoms with Crippen molar-refractivity contribution in [3.05, 3.63) is 54.0 Å². The van der Waals surface area contributed by atoms with Crippen LogP contribution >= 0.6 is 15.9 Å². The normalized spacial score (nSPS) is 19.6. The number of rotatable bonds is 9. The molecule has 0 saturated carbocycles. The molecule has 1 aromatic heterocycles. The molecule has 3 N–H and O–H groups in total. The Bertz CT molecular complexity index is 992. The molecule has 1 amide bonds. The molecule has 1 unspecified atom stereocenters. The van der Waals surface area contributed by atoms with Crippen LogP contribution in [0.2, 0.25) is 0 Å². The molecular weight excluding hydrogens is 487 g/mol. The van der Waals surface area contributed by atoms with Crippen molar-refractivity contribution in [1.82, 2.24) is 4.98 Å². The molecule has 2 fully saturated rings. The quantitative estimate of drug-likeness (QED) is 0.432. The molecule has 4 rings (SSSR count). The van der Waals surface area contributed by atoms with E-state index in [4.69, 9.17) is 18.1 Å². The highest BCUT2D eigenvalue weighted by molar-refractivity contribution is 7.65. The molecule has 0 radical (unpaired) electrons. The first-order valence-corrected chi connectivity index (χ1v) is 14.2. The van der Waals surface area contributed by atoms with Gasteiger partial charge in [0, 0.05) is 31.8 Å². The molecule has 3 heterocycles. The van der Waals surface area contributed by atoms with E-state index in [9.17, 15) is 19.0 Å². The minimum Gasteiger partial charge on any atom is -0.359 e. The summed E-state index contributed by atoms with van der Waals surface area (Å²) in [7, 11) is -4.83. The highest BCUT2D eigenvalue weighted by Crippen LogP contribution is 2.76. The maximum absolute atomic E-state index is 14.6. The summed E-state index contributed by atoms with van der Waals surface area (Å²) in [5.74, 6) is -0.294. The molecule has 2 aliphatic rings. The van der Waals surface area contributed by atoms with Crippen molar-refractivity contribution in [2.75, 3.05) is 56.4 Å². The van der Waals surface area contributed by atoms with Gasteiger partial charge in [0.2, 0.25) is 11.6 Å². The number of halogens is 1. The molecule has 2 aromatic rings. The van der Waals surface area contributed by atoms with Gasteiger partial charge in [-0.25, -0.2) is 9.37 Å². The van der Waals surface area contributed by atoms with Gasteiger partial charge in [-0.2, -0.15) is 27.9 Å². The van der Waals surface area contributed by atoms with Crippen LogP contribution in [0.4, 0.5) is 15.9 Å². The van der Waals surface area contributed by atoms with E-state index in [1.165, 1.54) is 18.2 Å². The lowest BCUT2D eigenvalue weighted by Gasteiger charge is -2.22. The van der Waals surface area contributed by atoms with Crippen molar-refractivity contribution in [2.45, 2.75) is 12.1 Å². The predicted molar refractivity (Wildman–Crippen MR) is 127 cm³/mol. The minimum absolute atomic E-state index is 0.0441. The van der Waals surface area contributed by atoms with Crippen LogP contribution in [-0.4, -0.2) is 66.9 Å². The topological polar surface area (TPSA) is 123 Å². The number of hydrogen-bond donors (Lipinski definition) is 3. The van der Waals surface area contributed by atoms with E-state index in [0.29, 0.717) is 12.1 Å². The molecule has 34 heavy (non-hydrogen) atoms. The summed E-state index contributed by atoms with van der Waals surface area (Å²) in [6.07, 6.45) is 1.69. The van der Waals surface area contributed by atoms with E-state index in [1.54, 1.807) is 12.3 Å². The second-order valence-electron chi connectivity index (χ2n) is 7.88. The summed E-state index contributed by atoms with van der Waals surface area (Å²) < 4.78 is 36.4.